The highest BCUT2D eigenvalue weighted by Gasteiger charge is 2.50. The van der Waals surface area contributed by atoms with Crippen molar-refractivity contribution < 1.29 is 4.42 Å². The van der Waals surface area contributed by atoms with Crippen molar-refractivity contribution >= 4 is 68.4 Å². The van der Waals surface area contributed by atoms with Crippen molar-refractivity contribution in [1.29, 1.82) is 0 Å². The van der Waals surface area contributed by atoms with Gasteiger partial charge in [-0.2, -0.15) is 0 Å². The van der Waals surface area contributed by atoms with Crippen LogP contribution >= 0.6 is 0 Å². The maximum absolute atomic E-state index is 7.08. The van der Waals surface area contributed by atoms with Crippen LogP contribution in [0.4, 0.5) is 34.1 Å². The van der Waals surface area contributed by atoms with Crippen LogP contribution in [0, 0.1) is 0 Å². The Bertz CT molecular complexity index is 2460. The molecular weight excluding hydrogens is 643 g/mol. The lowest BCUT2D eigenvalue weighted by atomic mass is 9.32. The lowest BCUT2D eigenvalue weighted by Crippen LogP contribution is -2.63. The first-order valence-electron chi connectivity index (χ1n) is 19.0. The molecule has 4 heteroatoms. The summed E-state index contributed by atoms with van der Waals surface area (Å²) in [6.07, 6.45) is 0. The van der Waals surface area contributed by atoms with Crippen LogP contribution in [0.25, 0.3) is 11.0 Å². The van der Waals surface area contributed by atoms with Gasteiger partial charge in [0.05, 0.1) is 5.66 Å². The van der Waals surface area contributed by atoms with Gasteiger partial charge < -0.3 is 14.2 Å². The van der Waals surface area contributed by atoms with Gasteiger partial charge in [0.25, 0.3) is 6.71 Å². The van der Waals surface area contributed by atoms with E-state index < -0.39 is 0 Å². The van der Waals surface area contributed by atoms with E-state index in [9.17, 15) is 0 Å². The number of nitrogens with zero attached hydrogens (tertiary/aromatic N) is 2. The molecule has 0 saturated heterocycles. The van der Waals surface area contributed by atoms with Crippen LogP contribution in [0.2, 0.25) is 0 Å². The Balaban J connectivity index is 1.38. The van der Waals surface area contributed by atoms with Gasteiger partial charge in [-0.25, -0.2) is 0 Å². The van der Waals surface area contributed by atoms with Gasteiger partial charge in [0, 0.05) is 50.5 Å². The third kappa shape index (κ3) is 5.25. The Kier molecular flexibility index (Phi) is 7.41. The molecule has 7 aromatic rings. The molecule has 0 radical (unpaired) electrons. The number of rotatable bonds is 4. The van der Waals surface area contributed by atoms with Gasteiger partial charge in [-0.3, -0.25) is 0 Å². The zero-order chi connectivity index (χ0) is 36.9. The smallest absolute Gasteiger partial charge is 0.292 e. The first kappa shape index (κ1) is 33.4. The molecule has 0 aliphatic carbocycles. The van der Waals surface area contributed by atoms with E-state index in [-0.39, 0.29) is 23.0 Å². The lowest BCUT2D eigenvalue weighted by Gasteiger charge is -2.44. The van der Waals surface area contributed by atoms with Gasteiger partial charge in [-0.15, -0.1) is 0 Å². The highest BCUT2D eigenvalue weighted by atomic mass is 16.3. The van der Waals surface area contributed by atoms with Crippen LogP contribution < -0.4 is 26.4 Å². The van der Waals surface area contributed by atoms with Gasteiger partial charge in [0.15, 0.2) is 0 Å². The molecule has 1 aromatic heterocycles. The summed E-state index contributed by atoms with van der Waals surface area (Å²) in [5.74, 6) is 0. The maximum Gasteiger partial charge on any atom is 0.292 e. The molecule has 0 amide bonds. The third-order valence-corrected chi connectivity index (χ3v) is 11.6. The second kappa shape index (κ2) is 11.8. The molecule has 3 heterocycles. The highest BCUT2D eigenvalue weighted by molar-refractivity contribution is 6.98. The minimum absolute atomic E-state index is 0.0156. The van der Waals surface area contributed by atoms with E-state index in [1.807, 2.05) is 0 Å². The first-order valence-corrected chi connectivity index (χ1v) is 19.0. The number of hydrogen-bond acceptors (Lipinski definition) is 3. The van der Waals surface area contributed by atoms with Gasteiger partial charge in [0.1, 0.15) is 5.58 Å². The molecule has 2 aliphatic rings. The maximum atomic E-state index is 7.08. The van der Waals surface area contributed by atoms with E-state index in [2.05, 4.69) is 205 Å². The van der Waals surface area contributed by atoms with E-state index in [0.29, 0.717) is 0 Å². The SMILES string of the molecule is CC(C)(C)c1ccc(N2c3ccccc3B3c4oc5ccc(C(C)(C)C)cc5c4C(C)(C)c4cc(N(c5ccccc5)c5ccccc5)cc2c43)cc1. The van der Waals surface area contributed by atoms with Crippen molar-refractivity contribution in [3.8, 4) is 0 Å². The van der Waals surface area contributed by atoms with Crippen LogP contribution in [0.3, 0.4) is 0 Å². The van der Waals surface area contributed by atoms with Gasteiger partial charge in [-0.1, -0.05) is 128 Å². The molecule has 0 unspecified atom stereocenters. The fourth-order valence-electron chi connectivity index (χ4n) is 8.81. The predicted molar refractivity (Wildman–Crippen MR) is 226 cm³/mol. The molecule has 0 spiro atoms. The van der Waals surface area contributed by atoms with Crippen LogP contribution in [-0.2, 0) is 16.2 Å². The number of anilines is 6. The summed E-state index contributed by atoms with van der Waals surface area (Å²) in [4.78, 5) is 4.90. The number of hydrogen-bond donors (Lipinski definition) is 0. The molecule has 262 valence electrons. The monoisotopic (exact) mass is 690 g/mol. The van der Waals surface area contributed by atoms with E-state index in [1.54, 1.807) is 0 Å². The van der Waals surface area contributed by atoms with E-state index in [1.165, 1.54) is 49.9 Å². The number of furan rings is 1. The molecule has 6 aromatic carbocycles. The van der Waals surface area contributed by atoms with Crippen molar-refractivity contribution in [2.75, 3.05) is 9.80 Å². The van der Waals surface area contributed by atoms with Gasteiger partial charge in [0.2, 0.25) is 0 Å². The van der Waals surface area contributed by atoms with Crippen LogP contribution in [0.5, 0.6) is 0 Å². The average Bonchev–Trinajstić information content (AvgIpc) is 3.54. The zero-order valence-corrected chi connectivity index (χ0v) is 32.2. The average molecular weight is 691 g/mol. The number of benzene rings is 6. The number of fused-ring (bicyclic) bond motifs is 6. The summed E-state index contributed by atoms with van der Waals surface area (Å²) in [5, 5.41) is 1.22. The molecule has 9 rings (SSSR count). The summed E-state index contributed by atoms with van der Waals surface area (Å²) in [5.41, 5.74) is 16.5. The van der Waals surface area contributed by atoms with Crippen LogP contribution in [0.15, 0.2) is 144 Å². The molecular formula is C49H47BN2O. The first-order chi connectivity index (χ1) is 25.3. The van der Waals surface area contributed by atoms with E-state index in [0.717, 1.165) is 34.0 Å². The second-order valence-electron chi connectivity index (χ2n) is 17.5. The van der Waals surface area contributed by atoms with Crippen molar-refractivity contribution in [2.24, 2.45) is 0 Å². The van der Waals surface area contributed by atoms with Crippen molar-refractivity contribution in [2.45, 2.75) is 71.6 Å². The van der Waals surface area contributed by atoms with Crippen molar-refractivity contribution in [1.82, 2.24) is 0 Å². The fraction of sp³-hybridized carbons (Fsp3) is 0.224. The Labute approximate surface area is 315 Å². The number of para-hydroxylation sites is 3. The van der Waals surface area contributed by atoms with Gasteiger partial charge in [-0.05, 0) is 105 Å². The largest absolute Gasteiger partial charge is 0.470 e. The molecule has 0 bridgehead atoms. The standard InChI is InChI=1S/C49H47BN2O/c1-47(2,3)32-23-26-36(27-24-32)52-41-22-16-15-21-40(41)50-45-39(49(7,8)44-38-29-33(48(4,5)6)25-28-43(38)53-46(44)50)30-37(31-42(45)52)51(34-17-11-9-12-18-34)35-19-13-10-14-20-35/h9-31H,1-8H3. The summed E-state index contributed by atoms with van der Waals surface area (Å²) < 4.78 is 7.08. The van der Waals surface area contributed by atoms with Crippen molar-refractivity contribution in [3.05, 3.63) is 162 Å². The molecule has 2 aliphatic heterocycles. The van der Waals surface area contributed by atoms with Crippen LogP contribution in [0.1, 0.15) is 77.6 Å². The molecule has 0 atom stereocenters. The molecule has 0 fully saturated rings. The third-order valence-electron chi connectivity index (χ3n) is 11.6. The van der Waals surface area contributed by atoms with Gasteiger partial charge >= 0.3 is 0 Å². The summed E-state index contributed by atoms with van der Waals surface area (Å²) in [6, 6.07) is 51.4. The molecule has 53 heavy (non-hydrogen) atoms. The van der Waals surface area contributed by atoms with Crippen molar-refractivity contribution in [3.63, 3.8) is 0 Å². The minimum Gasteiger partial charge on any atom is -0.470 e. The Hall–Kier alpha value is -5.48. The quantitative estimate of drug-likeness (QED) is 0.171. The molecule has 0 N–H and O–H groups in total. The minimum atomic E-state index is -0.360. The predicted octanol–water partition coefficient (Wildman–Crippen LogP) is 11.4. The Morgan fingerprint density at radius 1 is 0.585 bits per heavy atom. The highest BCUT2D eigenvalue weighted by Crippen LogP contribution is 2.48. The van der Waals surface area contributed by atoms with Crippen LogP contribution in [-0.4, -0.2) is 6.71 Å². The summed E-state index contributed by atoms with van der Waals surface area (Å²) in [6.45, 7) is 18.5. The Morgan fingerprint density at radius 3 is 1.79 bits per heavy atom. The summed E-state index contributed by atoms with van der Waals surface area (Å²) in [7, 11) is 0. The van der Waals surface area contributed by atoms with E-state index in [4.69, 9.17) is 4.42 Å². The topological polar surface area (TPSA) is 19.6 Å². The lowest BCUT2D eigenvalue weighted by molar-refractivity contribution is 0.590. The molecule has 3 nitrogen and oxygen atoms in total. The summed E-state index contributed by atoms with van der Waals surface area (Å²) >= 11 is 0. The molecule has 0 saturated carbocycles. The Morgan fingerprint density at radius 2 is 1.17 bits per heavy atom. The second-order valence-corrected chi connectivity index (χ2v) is 17.5. The van der Waals surface area contributed by atoms with E-state index >= 15 is 0 Å². The zero-order valence-electron chi connectivity index (χ0n) is 32.2. The normalized spacial score (nSPS) is 14.5. The fourth-order valence-corrected chi connectivity index (χ4v) is 8.81.